The normalized spacial score (nSPS) is 27.1. The van der Waals surface area contributed by atoms with Crippen LogP contribution in [0.2, 0.25) is 0 Å². The van der Waals surface area contributed by atoms with Crippen molar-refractivity contribution in [3.63, 3.8) is 0 Å². The van der Waals surface area contributed by atoms with Crippen molar-refractivity contribution in [2.45, 2.75) is 6.04 Å². The lowest BCUT2D eigenvalue weighted by Crippen LogP contribution is -2.30. The van der Waals surface area contributed by atoms with Crippen LogP contribution in [-0.2, 0) is 4.79 Å². The number of carbonyl (C=O) groups is 1. The number of rotatable bonds is 1. The van der Waals surface area contributed by atoms with Gasteiger partial charge in [-0.1, -0.05) is 0 Å². The number of hydrogen-bond donors (Lipinski definition) is 2. The second-order valence-corrected chi connectivity index (χ2v) is 1.31. The molecule has 38 valence electrons. The van der Waals surface area contributed by atoms with Gasteiger partial charge in [0.15, 0.2) is 0 Å². The Kier molecular flexibility index (Phi) is 1.08. The Balaban J connectivity index is 2.42. The van der Waals surface area contributed by atoms with Crippen molar-refractivity contribution in [1.82, 2.24) is 10.9 Å². The van der Waals surface area contributed by atoms with E-state index in [2.05, 4.69) is 10.9 Å². The van der Waals surface area contributed by atoms with E-state index in [1.54, 1.807) is 12.3 Å². The maximum absolute atomic E-state index is 9.85. The molecule has 1 unspecified atom stereocenters. The second-order valence-electron chi connectivity index (χ2n) is 1.31. The predicted octanol–water partition coefficient (Wildman–Crippen LogP) is -0.825. The zero-order chi connectivity index (χ0) is 5.11. The number of aldehydes is 1. The zero-order valence-electron chi connectivity index (χ0n) is 3.72. The van der Waals surface area contributed by atoms with Gasteiger partial charge in [0.2, 0.25) is 0 Å². The highest BCUT2D eigenvalue weighted by Crippen LogP contribution is 1.82. The van der Waals surface area contributed by atoms with Crippen molar-refractivity contribution in [1.29, 1.82) is 0 Å². The van der Waals surface area contributed by atoms with Gasteiger partial charge in [-0.2, -0.15) is 0 Å². The molecule has 0 aromatic carbocycles. The van der Waals surface area contributed by atoms with Crippen molar-refractivity contribution in [3.8, 4) is 0 Å². The molecule has 1 heterocycles. The fourth-order valence-corrected chi connectivity index (χ4v) is 0.424. The number of hydrogen-bond acceptors (Lipinski definition) is 3. The summed E-state index contributed by atoms with van der Waals surface area (Å²) in [6, 6.07) is -0.125. The molecule has 0 saturated heterocycles. The van der Waals surface area contributed by atoms with E-state index >= 15 is 0 Å². The Bertz CT molecular complexity index is 99.9. The Morgan fingerprint density at radius 2 is 2.57 bits per heavy atom. The number of carbonyl (C=O) groups excluding carboxylic acids is 1. The van der Waals surface area contributed by atoms with Gasteiger partial charge in [-0.25, -0.2) is 5.43 Å². The first-order valence-corrected chi connectivity index (χ1v) is 2.06. The molecule has 1 aliphatic heterocycles. The number of nitrogens with one attached hydrogen (secondary N) is 2. The lowest BCUT2D eigenvalue weighted by molar-refractivity contribution is -0.108. The van der Waals surface area contributed by atoms with E-state index in [0.29, 0.717) is 0 Å². The minimum absolute atomic E-state index is 0.125. The Morgan fingerprint density at radius 3 is 2.86 bits per heavy atom. The molecule has 0 spiro atoms. The first-order valence-electron chi connectivity index (χ1n) is 2.06. The van der Waals surface area contributed by atoms with Crippen molar-refractivity contribution in [2.24, 2.45) is 0 Å². The molecule has 1 aliphatic rings. The minimum atomic E-state index is -0.125. The van der Waals surface area contributed by atoms with E-state index in [1.165, 1.54) is 0 Å². The maximum Gasteiger partial charge on any atom is 0.142 e. The van der Waals surface area contributed by atoms with Crippen molar-refractivity contribution in [2.75, 3.05) is 0 Å². The molecule has 0 amide bonds. The molecular formula is C4H6N2O. The van der Waals surface area contributed by atoms with Crippen molar-refractivity contribution >= 4 is 6.29 Å². The van der Waals surface area contributed by atoms with E-state index in [1.807, 2.05) is 0 Å². The van der Waals surface area contributed by atoms with Crippen LogP contribution in [-0.4, -0.2) is 12.3 Å². The monoisotopic (exact) mass is 98.0 g/mol. The van der Waals surface area contributed by atoms with Gasteiger partial charge in [-0.3, -0.25) is 0 Å². The summed E-state index contributed by atoms with van der Waals surface area (Å²) < 4.78 is 0. The van der Waals surface area contributed by atoms with Crippen LogP contribution >= 0.6 is 0 Å². The smallest absolute Gasteiger partial charge is 0.142 e. The van der Waals surface area contributed by atoms with Crippen LogP contribution in [0.5, 0.6) is 0 Å². The topological polar surface area (TPSA) is 41.1 Å². The molecule has 7 heavy (non-hydrogen) atoms. The fourth-order valence-electron chi connectivity index (χ4n) is 0.424. The van der Waals surface area contributed by atoms with Gasteiger partial charge in [-0.05, 0) is 6.08 Å². The molecule has 3 heteroatoms. The van der Waals surface area contributed by atoms with E-state index in [9.17, 15) is 4.79 Å². The lowest BCUT2D eigenvalue weighted by Gasteiger charge is -1.94. The first-order chi connectivity index (χ1) is 3.43. The van der Waals surface area contributed by atoms with Crippen LogP contribution < -0.4 is 10.9 Å². The average Bonchev–Trinajstić information content (AvgIpc) is 2.14. The van der Waals surface area contributed by atoms with Gasteiger partial charge in [0.25, 0.3) is 0 Å². The maximum atomic E-state index is 9.85. The molecule has 0 aromatic rings. The third-order valence-electron chi connectivity index (χ3n) is 0.784. The largest absolute Gasteiger partial charge is 0.328 e. The van der Waals surface area contributed by atoms with E-state index in [-0.39, 0.29) is 6.04 Å². The molecule has 0 fully saturated rings. The van der Waals surface area contributed by atoms with Gasteiger partial charge in [0.1, 0.15) is 12.3 Å². The van der Waals surface area contributed by atoms with Crippen LogP contribution in [0.15, 0.2) is 12.3 Å². The zero-order valence-corrected chi connectivity index (χ0v) is 3.72. The summed E-state index contributed by atoms with van der Waals surface area (Å²) in [5, 5.41) is 0. The molecular weight excluding hydrogens is 92.1 g/mol. The molecule has 0 radical (unpaired) electrons. The Hall–Kier alpha value is -0.830. The van der Waals surface area contributed by atoms with Gasteiger partial charge in [0.05, 0.1) is 0 Å². The molecule has 0 bridgehead atoms. The highest BCUT2D eigenvalue weighted by molar-refractivity contribution is 5.61. The van der Waals surface area contributed by atoms with Crippen LogP contribution in [0.3, 0.4) is 0 Å². The van der Waals surface area contributed by atoms with E-state index in [0.717, 1.165) is 6.29 Å². The highest BCUT2D eigenvalue weighted by atomic mass is 16.1. The van der Waals surface area contributed by atoms with Gasteiger partial charge in [-0.15, -0.1) is 0 Å². The second kappa shape index (κ2) is 1.75. The summed E-state index contributed by atoms with van der Waals surface area (Å²) in [7, 11) is 0. The highest BCUT2D eigenvalue weighted by Gasteiger charge is 2.02. The quantitative estimate of drug-likeness (QED) is 0.421. The first kappa shape index (κ1) is 4.33. The SMILES string of the molecule is O=CC1C=CNN1. The van der Waals surface area contributed by atoms with E-state index < -0.39 is 0 Å². The van der Waals surface area contributed by atoms with Crippen LogP contribution in [0.4, 0.5) is 0 Å². The van der Waals surface area contributed by atoms with Crippen molar-refractivity contribution in [3.05, 3.63) is 12.3 Å². The standard InChI is InChI=1S/C4H6N2O/c7-3-4-1-2-5-6-4/h1-6H. The van der Waals surface area contributed by atoms with Crippen LogP contribution in [0.1, 0.15) is 0 Å². The number of hydrazine groups is 1. The van der Waals surface area contributed by atoms with Gasteiger partial charge < -0.3 is 10.2 Å². The molecule has 0 aliphatic carbocycles. The summed E-state index contributed by atoms with van der Waals surface area (Å²) in [4.78, 5) is 9.85. The minimum Gasteiger partial charge on any atom is -0.328 e. The molecule has 1 rings (SSSR count). The van der Waals surface area contributed by atoms with Crippen LogP contribution in [0, 0.1) is 0 Å². The summed E-state index contributed by atoms with van der Waals surface area (Å²) in [5.74, 6) is 0. The predicted molar refractivity (Wildman–Crippen MR) is 25.3 cm³/mol. The summed E-state index contributed by atoms with van der Waals surface area (Å²) in [5.41, 5.74) is 5.34. The Labute approximate surface area is 41.4 Å². The molecule has 3 nitrogen and oxygen atoms in total. The summed E-state index contributed by atoms with van der Waals surface area (Å²) >= 11 is 0. The summed E-state index contributed by atoms with van der Waals surface area (Å²) in [6.45, 7) is 0. The van der Waals surface area contributed by atoms with Gasteiger partial charge in [0, 0.05) is 6.20 Å². The summed E-state index contributed by atoms with van der Waals surface area (Å²) in [6.07, 6.45) is 4.27. The average molecular weight is 98.1 g/mol. The van der Waals surface area contributed by atoms with Gasteiger partial charge >= 0.3 is 0 Å². The van der Waals surface area contributed by atoms with Crippen LogP contribution in [0.25, 0.3) is 0 Å². The van der Waals surface area contributed by atoms with Crippen molar-refractivity contribution < 1.29 is 4.79 Å². The molecule has 1 atom stereocenters. The molecule has 0 aromatic heterocycles. The Morgan fingerprint density at radius 1 is 1.71 bits per heavy atom. The lowest BCUT2D eigenvalue weighted by atomic mass is 10.4. The third kappa shape index (κ3) is 0.778. The molecule has 2 N–H and O–H groups in total. The van der Waals surface area contributed by atoms with E-state index in [4.69, 9.17) is 0 Å². The third-order valence-corrected chi connectivity index (χ3v) is 0.784. The molecule has 0 saturated carbocycles. The fraction of sp³-hybridized carbons (Fsp3) is 0.250.